The number of nitrogens with two attached hydrogens (primary N) is 1. The topological polar surface area (TPSA) is 46.3 Å². The van der Waals surface area contributed by atoms with E-state index >= 15 is 0 Å². The number of nitrogens with zero attached hydrogens (tertiary/aromatic N) is 1. The number of likely N-dealkylation sites (tertiary alicyclic amines) is 1. The molecule has 0 aromatic carbocycles. The summed E-state index contributed by atoms with van der Waals surface area (Å²) in [6, 6.07) is -0.400. The summed E-state index contributed by atoms with van der Waals surface area (Å²) in [6.07, 6.45) is -0.500. The van der Waals surface area contributed by atoms with E-state index in [1.165, 1.54) is 0 Å². The monoisotopic (exact) mass is 216 g/mol. The van der Waals surface area contributed by atoms with Gasteiger partial charge >= 0.3 is 0 Å². The molecule has 0 aromatic rings. The molecule has 1 amide bonds. The minimum absolute atomic E-state index is 0.0356. The predicted molar refractivity (Wildman–Crippen MR) is 58.1 cm³/mol. The zero-order chi connectivity index (χ0) is 11.6. The van der Waals surface area contributed by atoms with E-state index in [4.69, 9.17) is 5.73 Å². The summed E-state index contributed by atoms with van der Waals surface area (Å²) in [5.41, 5.74) is 5.56. The van der Waals surface area contributed by atoms with Crippen LogP contribution in [0.4, 0.5) is 4.39 Å². The Morgan fingerprint density at radius 2 is 2.07 bits per heavy atom. The van der Waals surface area contributed by atoms with Crippen molar-refractivity contribution in [2.45, 2.75) is 39.4 Å². The third-order valence-corrected chi connectivity index (χ3v) is 3.29. The van der Waals surface area contributed by atoms with Crippen LogP contribution < -0.4 is 5.73 Å². The van der Waals surface area contributed by atoms with Crippen molar-refractivity contribution in [2.24, 2.45) is 17.6 Å². The summed E-state index contributed by atoms with van der Waals surface area (Å²) in [5.74, 6) is 0.317. The van der Waals surface area contributed by atoms with Crippen LogP contribution in [0.15, 0.2) is 0 Å². The highest BCUT2D eigenvalue weighted by Gasteiger charge is 2.31. The Hall–Kier alpha value is -0.640. The van der Waals surface area contributed by atoms with Crippen LogP contribution >= 0.6 is 0 Å². The van der Waals surface area contributed by atoms with Gasteiger partial charge in [-0.3, -0.25) is 4.79 Å². The summed E-state index contributed by atoms with van der Waals surface area (Å²) < 4.78 is 13.3. The number of carbonyl (C=O) groups excluding carboxylic acids is 1. The third kappa shape index (κ3) is 2.91. The minimum atomic E-state index is -1.07. The van der Waals surface area contributed by atoms with Gasteiger partial charge in [0.2, 0.25) is 5.91 Å². The summed E-state index contributed by atoms with van der Waals surface area (Å²) in [4.78, 5) is 13.5. The van der Waals surface area contributed by atoms with Gasteiger partial charge in [0.15, 0.2) is 0 Å². The maximum Gasteiger partial charge on any atom is 0.225 e. The molecule has 0 saturated carbocycles. The second-order valence-electron chi connectivity index (χ2n) is 4.79. The van der Waals surface area contributed by atoms with Gasteiger partial charge in [0.05, 0.1) is 6.54 Å². The fourth-order valence-corrected chi connectivity index (χ4v) is 1.70. The highest BCUT2D eigenvalue weighted by molar-refractivity contribution is 5.78. The first-order valence-corrected chi connectivity index (χ1v) is 5.62. The molecule has 1 rings (SSSR count). The molecule has 1 saturated heterocycles. The van der Waals surface area contributed by atoms with Crippen molar-refractivity contribution in [3.8, 4) is 0 Å². The molecule has 1 heterocycles. The second-order valence-corrected chi connectivity index (χ2v) is 4.79. The molecule has 15 heavy (non-hydrogen) atoms. The van der Waals surface area contributed by atoms with Gasteiger partial charge < -0.3 is 10.6 Å². The van der Waals surface area contributed by atoms with Gasteiger partial charge in [0.25, 0.3) is 0 Å². The van der Waals surface area contributed by atoms with Gasteiger partial charge in [-0.1, -0.05) is 20.8 Å². The normalized spacial score (nSPS) is 29.3. The number of amides is 1. The molecule has 3 unspecified atom stereocenters. The van der Waals surface area contributed by atoms with E-state index < -0.39 is 12.2 Å². The number of halogens is 1. The summed E-state index contributed by atoms with van der Waals surface area (Å²) in [5, 5.41) is 0. The summed E-state index contributed by atoms with van der Waals surface area (Å²) in [7, 11) is 0. The van der Waals surface area contributed by atoms with E-state index in [2.05, 4.69) is 0 Å². The molecule has 88 valence electrons. The minimum Gasteiger partial charge on any atom is -0.339 e. The zero-order valence-corrected chi connectivity index (χ0v) is 9.74. The van der Waals surface area contributed by atoms with Crippen LogP contribution in [0.2, 0.25) is 0 Å². The first-order chi connectivity index (χ1) is 6.93. The number of piperidine rings is 1. The first kappa shape index (κ1) is 12.4. The van der Waals surface area contributed by atoms with Gasteiger partial charge in [-0.05, 0) is 12.3 Å². The summed E-state index contributed by atoms with van der Waals surface area (Å²) >= 11 is 0. The van der Waals surface area contributed by atoms with E-state index in [0.29, 0.717) is 18.9 Å². The molecule has 0 aliphatic carbocycles. The molecule has 0 bridgehead atoms. The van der Waals surface area contributed by atoms with Crippen LogP contribution in [0.25, 0.3) is 0 Å². The van der Waals surface area contributed by atoms with Crippen molar-refractivity contribution in [3.05, 3.63) is 0 Å². The Morgan fingerprint density at radius 3 is 2.53 bits per heavy atom. The molecule has 3 nitrogen and oxygen atoms in total. The van der Waals surface area contributed by atoms with Crippen molar-refractivity contribution in [1.29, 1.82) is 0 Å². The molecule has 1 aliphatic heterocycles. The molecule has 3 atom stereocenters. The molecule has 0 aromatic heterocycles. The van der Waals surface area contributed by atoms with Crippen LogP contribution in [-0.4, -0.2) is 36.1 Å². The Kier molecular flexibility index (Phi) is 4.08. The molecule has 1 aliphatic rings. The van der Waals surface area contributed by atoms with E-state index in [9.17, 15) is 9.18 Å². The van der Waals surface area contributed by atoms with Crippen LogP contribution in [0.3, 0.4) is 0 Å². The van der Waals surface area contributed by atoms with Crippen LogP contribution in [-0.2, 0) is 4.79 Å². The molecule has 4 heteroatoms. The smallest absolute Gasteiger partial charge is 0.225 e. The lowest BCUT2D eigenvalue weighted by Crippen LogP contribution is -2.52. The van der Waals surface area contributed by atoms with Crippen LogP contribution in [0, 0.1) is 11.8 Å². The molecular formula is C11H21FN2O. The van der Waals surface area contributed by atoms with E-state index in [1.54, 1.807) is 4.90 Å². The van der Waals surface area contributed by atoms with Crippen LogP contribution in [0.5, 0.6) is 0 Å². The summed E-state index contributed by atoms with van der Waals surface area (Å²) in [6.45, 7) is 6.67. The van der Waals surface area contributed by atoms with Crippen molar-refractivity contribution in [3.63, 3.8) is 0 Å². The Labute approximate surface area is 90.8 Å². The van der Waals surface area contributed by atoms with Gasteiger partial charge in [-0.15, -0.1) is 0 Å². The number of rotatable bonds is 2. The molecule has 2 N–H and O–H groups in total. The fraction of sp³-hybridized carbons (Fsp3) is 0.909. The van der Waals surface area contributed by atoms with E-state index in [-0.39, 0.29) is 18.4 Å². The van der Waals surface area contributed by atoms with Gasteiger partial charge in [0, 0.05) is 18.5 Å². The number of hydrogen-bond acceptors (Lipinski definition) is 2. The van der Waals surface area contributed by atoms with Crippen molar-refractivity contribution < 1.29 is 9.18 Å². The lowest BCUT2D eigenvalue weighted by atomic mass is 9.95. The van der Waals surface area contributed by atoms with Gasteiger partial charge in [0.1, 0.15) is 6.17 Å². The lowest BCUT2D eigenvalue weighted by Gasteiger charge is -2.35. The fourth-order valence-electron chi connectivity index (χ4n) is 1.70. The quantitative estimate of drug-likeness (QED) is 0.753. The van der Waals surface area contributed by atoms with Gasteiger partial charge in [-0.2, -0.15) is 0 Å². The maximum atomic E-state index is 13.3. The second kappa shape index (κ2) is 4.92. The first-order valence-electron chi connectivity index (χ1n) is 5.62. The predicted octanol–water partition coefficient (Wildman–Crippen LogP) is 1.18. The van der Waals surface area contributed by atoms with E-state index in [1.807, 2.05) is 20.8 Å². The van der Waals surface area contributed by atoms with Crippen molar-refractivity contribution in [1.82, 2.24) is 4.90 Å². The largest absolute Gasteiger partial charge is 0.339 e. The average molecular weight is 216 g/mol. The number of alkyl halides is 1. The number of carbonyl (C=O) groups is 1. The molecular weight excluding hydrogens is 195 g/mol. The van der Waals surface area contributed by atoms with Crippen molar-refractivity contribution in [2.75, 3.05) is 13.1 Å². The molecule has 0 spiro atoms. The Morgan fingerprint density at radius 1 is 1.47 bits per heavy atom. The maximum absolute atomic E-state index is 13.3. The Balaban J connectivity index is 2.54. The van der Waals surface area contributed by atoms with E-state index in [0.717, 1.165) is 0 Å². The van der Waals surface area contributed by atoms with Crippen LogP contribution in [0.1, 0.15) is 27.2 Å². The van der Waals surface area contributed by atoms with Gasteiger partial charge in [-0.25, -0.2) is 4.39 Å². The SMILES string of the molecule is CC(C)C(C)C(=O)N1CCC(N)C(F)C1. The third-order valence-electron chi connectivity index (χ3n) is 3.29. The molecule has 0 radical (unpaired) electrons. The zero-order valence-electron chi connectivity index (χ0n) is 9.74. The number of hydrogen-bond donors (Lipinski definition) is 1. The standard InChI is InChI=1S/C11H21FN2O/c1-7(2)8(3)11(15)14-5-4-10(13)9(12)6-14/h7-10H,4-6,13H2,1-3H3. The highest BCUT2D eigenvalue weighted by atomic mass is 19.1. The van der Waals surface area contributed by atoms with Crippen molar-refractivity contribution >= 4 is 5.91 Å². The Bertz CT molecular complexity index is 233. The highest BCUT2D eigenvalue weighted by Crippen LogP contribution is 2.18. The lowest BCUT2D eigenvalue weighted by molar-refractivity contribution is -0.138. The molecule has 1 fully saturated rings. The average Bonchev–Trinajstić information content (AvgIpc) is 2.19.